The molecular formula is C13H18N4O2. The molecular weight excluding hydrogens is 244 g/mol. The Labute approximate surface area is 111 Å². The number of pyridine rings is 1. The standard InChI is InChI=1S/C13H18N4O2/c1-9-5-4-6-17-11(9)15-12(16-17)14-7-10-8-18-13(2,3)19-10/h4-6,10H,7-8H2,1-3H3,(H,14,16). The molecule has 1 fully saturated rings. The van der Waals surface area contributed by atoms with Gasteiger partial charge in [-0.05, 0) is 32.4 Å². The van der Waals surface area contributed by atoms with Crippen LogP contribution in [0.2, 0.25) is 0 Å². The van der Waals surface area contributed by atoms with E-state index in [1.807, 2.05) is 39.1 Å². The Balaban J connectivity index is 1.68. The number of aryl methyl sites for hydroxylation is 1. The summed E-state index contributed by atoms with van der Waals surface area (Å²) in [5, 5.41) is 7.56. The van der Waals surface area contributed by atoms with Gasteiger partial charge < -0.3 is 14.8 Å². The smallest absolute Gasteiger partial charge is 0.243 e. The number of hydrogen-bond acceptors (Lipinski definition) is 5. The van der Waals surface area contributed by atoms with E-state index in [9.17, 15) is 0 Å². The number of hydrogen-bond donors (Lipinski definition) is 1. The fraction of sp³-hybridized carbons (Fsp3) is 0.538. The highest BCUT2D eigenvalue weighted by Crippen LogP contribution is 2.22. The highest BCUT2D eigenvalue weighted by Gasteiger charge is 2.32. The number of aromatic nitrogens is 3. The molecule has 102 valence electrons. The van der Waals surface area contributed by atoms with Crippen LogP contribution in [0, 0.1) is 6.92 Å². The molecule has 3 heterocycles. The average Bonchev–Trinajstić information content (AvgIpc) is 2.91. The summed E-state index contributed by atoms with van der Waals surface area (Å²) in [5.74, 6) is 0.123. The third-order valence-corrected chi connectivity index (χ3v) is 3.11. The maximum Gasteiger partial charge on any atom is 0.243 e. The normalized spacial score (nSPS) is 21.9. The summed E-state index contributed by atoms with van der Waals surface area (Å²) < 4.78 is 13.0. The number of ether oxygens (including phenoxy) is 2. The minimum Gasteiger partial charge on any atom is -0.350 e. The zero-order valence-electron chi connectivity index (χ0n) is 11.4. The minimum absolute atomic E-state index is 0.0303. The Morgan fingerprint density at radius 2 is 2.37 bits per heavy atom. The van der Waals surface area contributed by atoms with Crippen molar-refractivity contribution < 1.29 is 9.47 Å². The molecule has 0 spiro atoms. The molecule has 1 unspecified atom stereocenters. The van der Waals surface area contributed by atoms with Crippen LogP contribution < -0.4 is 5.32 Å². The predicted octanol–water partition coefficient (Wildman–Crippen LogP) is 1.60. The maximum absolute atomic E-state index is 5.72. The van der Waals surface area contributed by atoms with Gasteiger partial charge in [-0.1, -0.05) is 6.07 Å². The first-order valence-electron chi connectivity index (χ1n) is 6.41. The van der Waals surface area contributed by atoms with E-state index in [-0.39, 0.29) is 6.10 Å². The summed E-state index contributed by atoms with van der Waals surface area (Å²) in [4.78, 5) is 4.45. The number of anilines is 1. The summed E-state index contributed by atoms with van der Waals surface area (Å²) in [6.07, 6.45) is 1.92. The van der Waals surface area contributed by atoms with Crippen LogP contribution >= 0.6 is 0 Å². The zero-order chi connectivity index (χ0) is 13.5. The molecule has 1 saturated heterocycles. The van der Waals surface area contributed by atoms with Crippen molar-refractivity contribution in [3.8, 4) is 0 Å². The summed E-state index contributed by atoms with van der Waals surface area (Å²) in [6.45, 7) is 7.08. The molecule has 0 aliphatic carbocycles. The fourth-order valence-corrected chi connectivity index (χ4v) is 2.18. The maximum atomic E-state index is 5.72. The lowest BCUT2D eigenvalue weighted by atomic mass is 10.3. The Morgan fingerprint density at radius 1 is 1.53 bits per heavy atom. The second-order valence-electron chi connectivity index (χ2n) is 5.23. The van der Waals surface area contributed by atoms with E-state index in [0.29, 0.717) is 19.1 Å². The third kappa shape index (κ3) is 2.54. The fourth-order valence-electron chi connectivity index (χ4n) is 2.18. The molecule has 1 N–H and O–H groups in total. The van der Waals surface area contributed by atoms with E-state index in [0.717, 1.165) is 11.2 Å². The van der Waals surface area contributed by atoms with Gasteiger partial charge >= 0.3 is 0 Å². The van der Waals surface area contributed by atoms with Crippen LogP contribution in [-0.2, 0) is 9.47 Å². The monoisotopic (exact) mass is 262 g/mol. The van der Waals surface area contributed by atoms with Gasteiger partial charge in [-0.15, -0.1) is 5.10 Å². The molecule has 2 aromatic rings. The van der Waals surface area contributed by atoms with Crippen LogP contribution in [0.3, 0.4) is 0 Å². The van der Waals surface area contributed by atoms with Crippen LogP contribution in [0.25, 0.3) is 5.65 Å². The van der Waals surface area contributed by atoms with Crippen molar-refractivity contribution in [2.24, 2.45) is 0 Å². The lowest BCUT2D eigenvalue weighted by Crippen LogP contribution is -2.26. The summed E-state index contributed by atoms with van der Waals surface area (Å²) in [6, 6.07) is 3.97. The first kappa shape index (κ1) is 12.4. The molecule has 0 aromatic carbocycles. The van der Waals surface area contributed by atoms with Crippen molar-refractivity contribution in [1.82, 2.24) is 14.6 Å². The highest BCUT2D eigenvalue weighted by atomic mass is 16.7. The number of nitrogens with one attached hydrogen (secondary N) is 1. The third-order valence-electron chi connectivity index (χ3n) is 3.11. The van der Waals surface area contributed by atoms with Crippen molar-refractivity contribution >= 4 is 11.6 Å². The van der Waals surface area contributed by atoms with E-state index >= 15 is 0 Å². The van der Waals surface area contributed by atoms with Crippen LogP contribution in [0.5, 0.6) is 0 Å². The van der Waals surface area contributed by atoms with Gasteiger partial charge in [0, 0.05) is 12.7 Å². The average molecular weight is 262 g/mol. The van der Waals surface area contributed by atoms with Crippen LogP contribution in [0.15, 0.2) is 18.3 Å². The number of nitrogens with zero attached hydrogens (tertiary/aromatic N) is 3. The number of fused-ring (bicyclic) bond motifs is 1. The Kier molecular flexibility index (Phi) is 2.91. The Morgan fingerprint density at radius 3 is 3.05 bits per heavy atom. The van der Waals surface area contributed by atoms with E-state index < -0.39 is 5.79 Å². The topological polar surface area (TPSA) is 60.7 Å². The molecule has 6 heteroatoms. The summed E-state index contributed by atoms with van der Waals surface area (Å²) in [5.41, 5.74) is 1.97. The highest BCUT2D eigenvalue weighted by molar-refractivity contribution is 5.49. The molecule has 0 bridgehead atoms. The van der Waals surface area contributed by atoms with Crippen LogP contribution in [0.1, 0.15) is 19.4 Å². The molecule has 19 heavy (non-hydrogen) atoms. The van der Waals surface area contributed by atoms with Crippen molar-refractivity contribution in [3.63, 3.8) is 0 Å². The van der Waals surface area contributed by atoms with Crippen molar-refractivity contribution in [2.75, 3.05) is 18.5 Å². The van der Waals surface area contributed by atoms with E-state index in [2.05, 4.69) is 15.4 Å². The minimum atomic E-state index is -0.491. The lowest BCUT2D eigenvalue weighted by Gasteiger charge is -2.16. The number of rotatable bonds is 3. The molecule has 2 aromatic heterocycles. The molecule has 0 saturated carbocycles. The largest absolute Gasteiger partial charge is 0.350 e. The van der Waals surface area contributed by atoms with Crippen molar-refractivity contribution in [3.05, 3.63) is 23.9 Å². The van der Waals surface area contributed by atoms with E-state index in [1.165, 1.54) is 0 Å². The zero-order valence-corrected chi connectivity index (χ0v) is 11.4. The van der Waals surface area contributed by atoms with Gasteiger partial charge in [0.05, 0.1) is 6.61 Å². The van der Waals surface area contributed by atoms with Gasteiger partial charge in [0.1, 0.15) is 6.10 Å². The summed E-state index contributed by atoms with van der Waals surface area (Å²) >= 11 is 0. The Bertz CT molecular complexity index is 593. The SMILES string of the molecule is Cc1cccn2nc(NCC3COC(C)(C)O3)nc12. The second-order valence-corrected chi connectivity index (χ2v) is 5.23. The van der Waals surface area contributed by atoms with Gasteiger partial charge in [-0.3, -0.25) is 0 Å². The van der Waals surface area contributed by atoms with Crippen LogP contribution in [0.4, 0.5) is 5.95 Å². The summed E-state index contributed by atoms with van der Waals surface area (Å²) in [7, 11) is 0. The first-order chi connectivity index (χ1) is 9.03. The van der Waals surface area contributed by atoms with Gasteiger partial charge in [0.25, 0.3) is 0 Å². The first-order valence-corrected chi connectivity index (χ1v) is 6.41. The molecule has 3 rings (SSSR count). The van der Waals surface area contributed by atoms with E-state index in [1.54, 1.807) is 4.52 Å². The van der Waals surface area contributed by atoms with Crippen molar-refractivity contribution in [1.29, 1.82) is 0 Å². The molecule has 1 aliphatic rings. The van der Waals surface area contributed by atoms with Gasteiger partial charge in [-0.2, -0.15) is 4.98 Å². The lowest BCUT2D eigenvalue weighted by molar-refractivity contribution is -0.136. The molecule has 1 aliphatic heterocycles. The molecule has 6 nitrogen and oxygen atoms in total. The molecule has 1 atom stereocenters. The molecule has 0 amide bonds. The van der Waals surface area contributed by atoms with Crippen LogP contribution in [-0.4, -0.2) is 39.6 Å². The van der Waals surface area contributed by atoms with Gasteiger partial charge in [-0.25, -0.2) is 4.52 Å². The van der Waals surface area contributed by atoms with E-state index in [4.69, 9.17) is 9.47 Å². The van der Waals surface area contributed by atoms with Gasteiger partial charge in [0.15, 0.2) is 11.4 Å². The Hall–Kier alpha value is -1.66. The molecule has 0 radical (unpaired) electrons. The quantitative estimate of drug-likeness (QED) is 0.910. The predicted molar refractivity (Wildman–Crippen MR) is 71.1 cm³/mol. The van der Waals surface area contributed by atoms with Crippen molar-refractivity contribution in [2.45, 2.75) is 32.7 Å². The van der Waals surface area contributed by atoms with Gasteiger partial charge in [0.2, 0.25) is 5.95 Å². The second kappa shape index (κ2) is 4.47.